The quantitative estimate of drug-likeness (QED) is 0.741. The summed E-state index contributed by atoms with van der Waals surface area (Å²) in [5.74, 6) is 0. The standard InChI is InChI=1S/C14H13ClN2S/c1-17-12-5-3-2-4-10(12)14(16)11-7-6-9(15)8-13(11)18-17/h2-8,14H,16H2,1H3/t14-/m0/s1. The topological polar surface area (TPSA) is 29.3 Å². The fourth-order valence-electron chi connectivity index (χ4n) is 2.25. The van der Waals surface area contributed by atoms with E-state index in [2.05, 4.69) is 16.4 Å². The summed E-state index contributed by atoms with van der Waals surface area (Å²) >= 11 is 7.73. The molecule has 3 rings (SSSR count). The Morgan fingerprint density at radius 1 is 1.17 bits per heavy atom. The van der Waals surface area contributed by atoms with Crippen LogP contribution >= 0.6 is 23.5 Å². The number of para-hydroxylation sites is 1. The van der Waals surface area contributed by atoms with Gasteiger partial charge in [-0.1, -0.05) is 35.9 Å². The Balaban J connectivity index is 2.21. The lowest BCUT2D eigenvalue weighted by atomic mass is 9.98. The molecule has 0 unspecified atom stereocenters. The Labute approximate surface area is 116 Å². The lowest BCUT2D eigenvalue weighted by molar-refractivity contribution is 0.853. The average molecular weight is 277 g/mol. The van der Waals surface area contributed by atoms with Crippen LogP contribution in [0.25, 0.3) is 0 Å². The molecule has 1 heterocycles. The Hall–Kier alpha value is -1.16. The van der Waals surface area contributed by atoms with Crippen LogP contribution in [0.1, 0.15) is 17.2 Å². The van der Waals surface area contributed by atoms with Gasteiger partial charge in [0.25, 0.3) is 0 Å². The van der Waals surface area contributed by atoms with Crippen LogP contribution in [-0.4, -0.2) is 7.05 Å². The minimum atomic E-state index is -0.106. The molecule has 2 aromatic carbocycles. The van der Waals surface area contributed by atoms with Crippen LogP contribution in [0.5, 0.6) is 0 Å². The van der Waals surface area contributed by atoms with Gasteiger partial charge in [-0.05, 0) is 41.3 Å². The first-order valence-corrected chi connectivity index (χ1v) is 6.87. The minimum absolute atomic E-state index is 0.106. The van der Waals surface area contributed by atoms with Crippen molar-refractivity contribution in [3.8, 4) is 0 Å². The van der Waals surface area contributed by atoms with E-state index in [1.165, 1.54) is 0 Å². The molecule has 18 heavy (non-hydrogen) atoms. The second kappa shape index (κ2) is 4.50. The molecule has 0 spiro atoms. The van der Waals surface area contributed by atoms with E-state index in [4.69, 9.17) is 17.3 Å². The minimum Gasteiger partial charge on any atom is -0.320 e. The second-order valence-corrected chi connectivity index (χ2v) is 5.91. The number of fused-ring (bicyclic) bond motifs is 2. The summed E-state index contributed by atoms with van der Waals surface area (Å²) in [6.45, 7) is 0. The molecule has 2 nitrogen and oxygen atoms in total. The van der Waals surface area contributed by atoms with E-state index >= 15 is 0 Å². The van der Waals surface area contributed by atoms with Crippen LogP contribution in [0.2, 0.25) is 5.02 Å². The van der Waals surface area contributed by atoms with Gasteiger partial charge in [-0.3, -0.25) is 0 Å². The molecule has 2 aromatic rings. The molecule has 0 fully saturated rings. The molecule has 1 atom stereocenters. The monoisotopic (exact) mass is 276 g/mol. The van der Waals surface area contributed by atoms with Crippen molar-refractivity contribution in [1.29, 1.82) is 0 Å². The zero-order valence-corrected chi connectivity index (χ0v) is 11.5. The molecule has 0 amide bonds. The number of nitrogens with two attached hydrogens (primary N) is 1. The molecule has 0 bridgehead atoms. The Bertz CT molecular complexity index is 600. The van der Waals surface area contributed by atoms with Gasteiger partial charge in [-0.2, -0.15) is 0 Å². The van der Waals surface area contributed by atoms with E-state index in [0.29, 0.717) is 0 Å². The molecule has 0 saturated carbocycles. The molecule has 92 valence electrons. The fraction of sp³-hybridized carbons (Fsp3) is 0.143. The predicted molar refractivity (Wildman–Crippen MR) is 78.2 cm³/mol. The smallest absolute Gasteiger partial charge is 0.0584 e. The number of anilines is 1. The van der Waals surface area contributed by atoms with E-state index < -0.39 is 0 Å². The van der Waals surface area contributed by atoms with Crippen molar-refractivity contribution in [2.75, 3.05) is 11.4 Å². The van der Waals surface area contributed by atoms with Crippen LogP contribution < -0.4 is 10.0 Å². The lowest BCUT2D eigenvalue weighted by Gasteiger charge is -2.18. The fourth-order valence-corrected chi connectivity index (χ4v) is 3.52. The van der Waals surface area contributed by atoms with E-state index in [1.54, 1.807) is 11.9 Å². The molecule has 1 aliphatic heterocycles. The number of nitrogens with zero attached hydrogens (tertiary/aromatic N) is 1. The van der Waals surface area contributed by atoms with Crippen molar-refractivity contribution in [1.82, 2.24) is 0 Å². The van der Waals surface area contributed by atoms with E-state index in [1.807, 2.05) is 37.4 Å². The van der Waals surface area contributed by atoms with Gasteiger partial charge in [0.1, 0.15) is 0 Å². The van der Waals surface area contributed by atoms with E-state index in [0.717, 1.165) is 26.7 Å². The van der Waals surface area contributed by atoms with E-state index in [9.17, 15) is 0 Å². The SMILES string of the molecule is CN1Sc2cc(Cl)ccc2[C@@H](N)c2ccccc21. The van der Waals surface area contributed by atoms with Gasteiger partial charge in [-0.25, -0.2) is 0 Å². The third kappa shape index (κ3) is 1.88. The first-order chi connectivity index (χ1) is 8.66. The Morgan fingerprint density at radius 2 is 1.94 bits per heavy atom. The lowest BCUT2D eigenvalue weighted by Crippen LogP contribution is -2.13. The summed E-state index contributed by atoms with van der Waals surface area (Å²) < 4.78 is 2.14. The number of rotatable bonds is 0. The van der Waals surface area contributed by atoms with Crippen molar-refractivity contribution in [3.63, 3.8) is 0 Å². The molecule has 0 aliphatic carbocycles. The van der Waals surface area contributed by atoms with Crippen molar-refractivity contribution < 1.29 is 0 Å². The molecule has 0 aromatic heterocycles. The maximum atomic E-state index is 6.39. The molecular weight excluding hydrogens is 264 g/mol. The predicted octanol–water partition coefficient (Wildman–Crippen LogP) is 3.85. The van der Waals surface area contributed by atoms with Gasteiger partial charge in [0.2, 0.25) is 0 Å². The van der Waals surface area contributed by atoms with Crippen molar-refractivity contribution >= 4 is 29.2 Å². The van der Waals surface area contributed by atoms with Crippen molar-refractivity contribution in [3.05, 3.63) is 58.6 Å². The molecule has 0 saturated heterocycles. The zero-order valence-electron chi connectivity index (χ0n) is 9.93. The van der Waals surface area contributed by atoms with E-state index in [-0.39, 0.29) is 6.04 Å². The average Bonchev–Trinajstić information content (AvgIpc) is 2.47. The van der Waals surface area contributed by atoms with Crippen LogP contribution in [-0.2, 0) is 0 Å². The number of hydrogen-bond donors (Lipinski definition) is 1. The summed E-state index contributed by atoms with van der Waals surface area (Å²) in [6.07, 6.45) is 0. The summed E-state index contributed by atoms with van der Waals surface area (Å²) in [7, 11) is 2.05. The first-order valence-electron chi connectivity index (χ1n) is 5.72. The number of halogens is 1. The van der Waals surface area contributed by atoms with Gasteiger partial charge in [0.15, 0.2) is 0 Å². The highest BCUT2D eigenvalue weighted by Crippen LogP contribution is 2.42. The number of hydrogen-bond acceptors (Lipinski definition) is 3. The Morgan fingerprint density at radius 3 is 2.78 bits per heavy atom. The van der Waals surface area contributed by atoms with Gasteiger partial charge < -0.3 is 10.0 Å². The summed E-state index contributed by atoms with van der Waals surface area (Å²) in [5, 5.41) is 0.743. The molecule has 4 heteroatoms. The summed E-state index contributed by atoms with van der Waals surface area (Å²) in [5.41, 5.74) is 9.82. The van der Waals surface area contributed by atoms with Crippen LogP contribution in [0, 0.1) is 0 Å². The Kier molecular flexibility index (Phi) is 2.98. The van der Waals surface area contributed by atoms with Crippen LogP contribution in [0.4, 0.5) is 5.69 Å². The van der Waals surface area contributed by atoms with Crippen LogP contribution in [0.15, 0.2) is 47.4 Å². The van der Waals surface area contributed by atoms with Gasteiger partial charge >= 0.3 is 0 Å². The molecule has 0 radical (unpaired) electrons. The van der Waals surface area contributed by atoms with Gasteiger partial charge in [0.05, 0.1) is 11.7 Å². The highest BCUT2D eigenvalue weighted by Gasteiger charge is 2.23. The largest absolute Gasteiger partial charge is 0.320 e. The highest BCUT2D eigenvalue weighted by molar-refractivity contribution is 8.00. The molecular formula is C14H13ClN2S. The molecule has 2 N–H and O–H groups in total. The van der Waals surface area contributed by atoms with Gasteiger partial charge in [0, 0.05) is 17.0 Å². The van der Waals surface area contributed by atoms with Gasteiger partial charge in [-0.15, -0.1) is 0 Å². The molecule has 1 aliphatic rings. The van der Waals surface area contributed by atoms with Crippen molar-refractivity contribution in [2.24, 2.45) is 5.73 Å². The van der Waals surface area contributed by atoms with Crippen LogP contribution in [0.3, 0.4) is 0 Å². The first kappa shape index (κ1) is 11.9. The maximum absolute atomic E-state index is 6.39. The maximum Gasteiger partial charge on any atom is 0.0584 e. The normalized spacial score (nSPS) is 17.9. The third-order valence-corrected chi connectivity index (χ3v) is 4.41. The number of benzene rings is 2. The summed E-state index contributed by atoms with van der Waals surface area (Å²) in [6, 6.07) is 14.0. The summed E-state index contributed by atoms with van der Waals surface area (Å²) in [4.78, 5) is 1.12. The highest BCUT2D eigenvalue weighted by atomic mass is 35.5. The second-order valence-electron chi connectivity index (χ2n) is 4.31. The van der Waals surface area contributed by atoms with Crippen molar-refractivity contribution in [2.45, 2.75) is 10.9 Å². The zero-order chi connectivity index (χ0) is 12.7. The third-order valence-electron chi connectivity index (χ3n) is 3.16.